The van der Waals surface area contributed by atoms with Gasteiger partial charge in [0.25, 0.3) is 0 Å². The van der Waals surface area contributed by atoms with Crippen molar-refractivity contribution >= 4 is 12.0 Å². The number of hydrogen-bond acceptors (Lipinski definition) is 2. The highest BCUT2D eigenvalue weighted by Gasteiger charge is 2.32. The van der Waals surface area contributed by atoms with Gasteiger partial charge in [0.15, 0.2) is 0 Å². The van der Waals surface area contributed by atoms with Gasteiger partial charge in [-0.1, -0.05) is 32.6 Å². The van der Waals surface area contributed by atoms with Crippen LogP contribution < -0.4 is 5.32 Å². The van der Waals surface area contributed by atoms with E-state index in [-0.39, 0.29) is 12.1 Å². The van der Waals surface area contributed by atoms with Crippen molar-refractivity contribution in [3.05, 3.63) is 0 Å². The molecule has 0 aromatic carbocycles. The van der Waals surface area contributed by atoms with E-state index in [0.29, 0.717) is 18.9 Å². The first-order chi connectivity index (χ1) is 9.59. The third-order valence-corrected chi connectivity index (χ3v) is 4.72. The second-order valence-corrected chi connectivity index (χ2v) is 6.21. The maximum atomic E-state index is 12.4. The molecule has 2 N–H and O–H groups in total. The van der Waals surface area contributed by atoms with Crippen LogP contribution in [0.15, 0.2) is 0 Å². The highest BCUT2D eigenvalue weighted by atomic mass is 16.4. The maximum absolute atomic E-state index is 12.4. The molecule has 20 heavy (non-hydrogen) atoms. The quantitative estimate of drug-likeness (QED) is 0.818. The molecule has 0 aromatic rings. The van der Waals surface area contributed by atoms with Crippen molar-refractivity contribution in [2.45, 2.75) is 70.4 Å². The summed E-state index contributed by atoms with van der Waals surface area (Å²) in [5, 5.41) is 12.4. The summed E-state index contributed by atoms with van der Waals surface area (Å²) in [6, 6.07) is -0.636. The number of carboxylic acids is 1. The minimum Gasteiger partial charge on any atom is -0.480 e. The van der Waals surface area contributed by atoms with E-state index in [4.69, 9.17) is 0 Å². The van der Waals surface area contributed by atoms with Gasteiger partial charge in [-0.3, -0.25) is 0 Å². The Bertz CT molecular complexity index is 359. The standard InChI is InChI=1S/C15H26N2O3/c1-11-7-4-5-8-12(11)16-15(20)17-10-6-2-3-9-13(17)14(18)19/h11-13H,2-10H2,1H3,(H,16,20)(H,18,19). The van der Waals surface area contributed by atoms with Gasteiger partial charge >= 0.3 is 12.0 Å². The Labute approximate surface area is 120 Å². The molecule has 1 saturated carbocycles. The summed E-state index contributed by atoms with van der Waals surface area (Å²) in [6.07, 6.45) is 7.91. The van der Waals surface area contributed by atoms with Gasteiger partial charge in [-0.05, 0) is 31.6 Å². The van der Waals surface area contributed by atoms with Crippen LogP contribution in [-0.4, -0.2) is 40.6 Å². The van der Waals surface area contributed by atoms with Crippen molar-refractivity contribution in [2.75, 3.05) is 6.54 Å². The van der Waals surface area contributed by atoms with Crippen LogP contribution in [0.25, 0.3) is 0 Å². The van der Waals surface area contributed by atoms with Gasteiger partial charge < -0.3 is 15.3 Å². The van der Waals surface area contributed by atoms with Gasteiger partial charge in [0.1, 0.15) is 6.04 Å². The number of likely N-dealkylation sites (tertiary alicyclic amines) is 1. The lowest BCUT2D eigenvalue weighted by Gasteiger charge is -2.33. The normalized spacial score (nSPS) is 31.4. The second-order valence-electron chi connectivity index (χ2n) is 6.21. The Balaban J connectivity index is 1.99. The highest BCUT2D eigenvalue weighted by molar-refractivity contribution is 5.82. The second kappa shape index (κ2) is 6.95. The minimum atomic E-state index is -0.876. The number of urea groups is 1. The van der Waals surface area contributed by atoms with Crippen LogP contribution >= 0.6 is 0 Å². The molecule has 0 radical (unpaired) electrons. The Morgan fingerprint density at radius 3 is 2.45 bits per heavy atom. The van der Waals surface area contributed by atoms with Gasteiger partial charge in [-0.15, -0.1) is 0 Å². The number of rotatable bonds is 2. The van der Waals surface area contributed by atoms with Crippen LogP contribution in [0.3, 0.4) is 0 Å². The van der Waals surface area contributed by atoms with Crippen LogP contribution in [0.1, 0.15) is 58.3 Å². The molecule has 0 spiro atoms. The molecular formula is C15H26N2O3. The molecule has 1 saturated heterocycles. The Hall–Kier alpha value is -1.26. The summed E-state index contributed by atoms with van der Waals surface area (Å²) in [4.78, 5) is 25.3. The zero-order valence-corrected chi connectivity index (χ0v) is 12.3. The van der Waals surface area contributed by atoms with Gasteiger partial charge in [0.2, 0.25) is 0 Å². The fourth-order valence-electron chi connectivity index (χ4n) is 3.38. The van der Waals surface area contributed by atoms with E-state index in [9.17, 15) is 14.7 Å². The summed E-state index contributed by atoms with van der Waals surface area (Å²) in [6.45, 7) is 2.73. The number of hydrogen-bond donors (Lipinski definition) is 2. The van der Waals surface area contributed by atoms with Gasteiger partial charge in [0, 0.05) is 12.6 Å². The predicted molar refractivity (Wildman–Crippen MR) is 76.5 cm³/mol. The molecule has 0 bridgehead atoms. The van der Waals surface area contributed by atoms with E-state index < -0.39 is 12.0 Å². The molecule has 3 unspecified atom stereocenters. The zero-order valence-electron chi connectivity index (χ0n) is 12.3. The summed E-state index contributed by atoms with van der Waals surface area (Å²) in [5.74, 6) is -0.387. The smallest absolute Gasteiger partial charge is 0.326 e. The topological polar surface area (TPSA) is 69.6 Å². The molecule has 5 nitrogen and oxygen atoms in total. The average molecular weight is 282 g/mol. The number of nitrogens with zero attached hydrogens (tertiary/aromatic N) is 1. The third kappa shape index (κ3) is 3.64. The number of aliphatic carboxylic acids is 1. The first kappa shape index (κ1) is 15.1. The van der Waals surface area contributed by atoms with Gasteiger partial charge in [-0.2, -0.15) is 0 Å². The first-order valence-electron chi connectivity index (χ1n) is 7.89. The Morgan fingerprint density at radius 1 is 1.05 bits per heavy atom. The summed E-state index contributed by atoms with van der Waals surface area (Å²) >= 11 is 0. The van der Waals surface area contributed by atoms with Crippen LogP contribution in [0.2, 0.25) is 0 Å². The lowest BCUT2D eigenvalue weighted by atomic mass is 9.86. The van der Waals surface area contributed by atoms with Crippen LogP contribution in [0.5, 0.6) is 0 Å². The van der Waals surface area contributed by atoms with E-state index in [2.05, 4.69) is 12.2 Å². The molecular weight excluding hydrogens is 256 g/mol. The van der Waals surface area contributed by atoms with Crippen molar-refractivity contribution in [1.29, 1.82) is 0 Å². The maximum Gasteiger partial charge on any atom is 0.326 e. The van der Waals surface area contributed by atoms with Crippen LogP contribution in [0.4, 0.5) is 4.79 Å². The number of carbonyl (C=O) groups is 2. The van der Waals surface area contributed by atoms with E-state index in [0.717, 1.165) is 38.5 Å². The predicted octanol–water partition coefficient (Wildman–Crippen LogP) is 2.60. The molecule has 2 amide bonds. The summed E-state index contributed by atoms with van der Waals surface area (Å²) < 4.78 is 0. The summed E-state index contributed by atoms with van der Waals surface area (Å²) in [7, 11) is 0. The fraction of sp³-hybridized carbons (Fsp3) is 0.867. The SMILES string of the molecule is CC1CCCCC1NC(=O)N1CCCCCC1C(=O)O. The monoisotopic (exact) mass is 282 g/mol. The molecule has 2 aliphatic rings. The summed E-state index contributed by atoms with van der Waals surface area (Å²) in [5.41, 5.74) is 0. The molecule has 2 fully saturated rings. The van der Waals surface area contributed by atoms with Crippen LogP contribution in [0, 0.1) is 5.92 Å². The zero-order chi connectivity index (χ0) is 14.5. The largest absolute Gasteiger partial charge is 0.480 e. The molecule has 0 aromatic heterocycles. The van der Waals surface area contributed by atoms with Gasteiger partial charge in [0.05, 0.1) is 0 Å². The Morgan fingerprint density at radius 2 is 1.75 bits per heavy atom. The van der Waals surface area contributed by atoms with E-state index >= 15 is 0 Å². The molecule has 1 heterocycles. The number of nitrogens with one attached hydrogen (secondary N) is 1. The van der Waals surface area contributed by atoms with Crippen molar-refractivity contribution in [3.63, 3.8) is 0 Å². The van der Waals surface area contributed by atoms with E-state index in [1.807, 2.05) is 0 Å². The van der Waals surface area contributed by atoms with Crippen LogP contribution in [-0.2, 0) is 4.79 Å². The molecule has 3 atom stereocenters. The molecule has 2 rings (SSSR count). The molecule has 1 aliphatic carbocycles. The highest BCUT2D eigenvalue weighted by Crippen LogP contribution is 2.24. The minimum absolute atomic E-state index is 0.182. The Kier molecular flexibility index (Phi) is 5.26. The average Bonchev–Trinajstić information content (AvgIpc) is 2.67. The molecule has 1 aliphatic heterocycles. The molecule has 5 heteroatoms. The van der Waals surface area contributed by atoms with E-state index in [1.54, 1.807) is 0 Å². The van der Waals surface area contributed by atoms with E-state index in [1.165, 1.54) is 11.3 Å². The van der Waals surface area contributed by atoms with Crippen molar-refractivity contribution in [2.24, 2.45) is 5.92 Å². The van der Waals surface area contributed by atoms with Crippen molar-refractivity contribution in [1.82, 2.24) is 10.2 Å². The van der Waals surface area contributed by atoms with Crippen molar-refractivity contribution < 1.29 is 14.7 Å². The number of carboxylic acid groups (broad SMARTS) is 1. The number of amides is 2. The number of carbonyl (C=O) groups excluding carboxylic acids is 1. The lowest BCUT2D eigenvalue weighted by molar-refractivity contribution is -0.142. The molecule has 114 valence electrons. The van der Waals surface area contributed by atoms with Crippen molar-refractivity contribution in [3.8, 4) is 0 Å². The lowest BCUT2D eigenvalue weighted by Crippen LogP contribution is -2.53. The fourth-order valence-corrected chi connectivity index (χ4v) is 3.38. The first-order valence-corrected chi connectivity index (χ1v) is 7.89. The van der Waals surface area contributed by atoms with Gasteiger partial charge in [-0.25, -0.2) is 9.59 Å². The third-order valence-electron chi connectivity index (χ3n) is 4.72.